The molecule has 0 saturated carbocycles. The van der Waals surface area contributed by atoms with Gasteiger partial charge in [-0.3, -0.25) is 0 Å². The lowest BCUT2D eigenvalue weighted by molar-refractivity contribution is 0.0657. The predicted octanol–water partition coefficient (Wildman–Crippen LogP) is 2.18. The number of guanidine groups is 1. The van der Waals surface area contributed by atoms with Gasteiger partial charge in [-0.05, 0) is 38.3 Å². The highest BCUT2D eigenvalue weighted by molar-refractivity contribution is 5.98. The number of benzene rings is 1. The van der Waals surface area contributed by atoms with Crippen LogP contribution in [0.2, 0.25) is 0 Å². The van der Waals surface area contributed by atoms with Gasteiger partial charge in [0.05, 0.1) is 12.1 Å². The van der Waals surface area contributed by atoms with Gasteiger partial charge >= 0.3 is 0 Å². The van der Waals surface area contributed by atoms with E-state index >= 15 is 0 Å². The molecule has 1 atom stereocenters. The molecule has 0 spiro atoms. The van der Waals surface area contributed by atoms with Crippen LogP contribution in [0.3, 0.4) is 0 Å². The molecule has 20 heavy (non-hydrogen) atoms. The Morgan fingerprint density at radius 2 is 2.15 bits per heavy atom. The van der Waals surface area contributed by atoms with Crippen LogP contribution in [-0.2, 0) is 6.42 Å². The summed E-state index contributed by atoms with van der Waals surface area (Å²) in [6.45, 7) is 8.07. The van der Waals surface area contributed by atoms with Crippen molar-refractivity contribution in [2.24, 2.45) is 4.99 Å². The van der Waals surface area contributed by atoms with Gasteiger partial charge in [-0.25, -0.2) is 4.99 Å². The minimum atomic E-state index is -0.736. The second-order valence-electron chi connectivity index (χ2n) is 5.55. The lowest BCUT2D eigenvalue weighted by Gasteiger charge is -2.25. The van der Waals surface area contributed by atoms with E-state index in [1.54, 1.807) is 0 Å². The van der Waals surface area contributed by atoms with Crippen LogP contribution in [0.5, 0.6) is 0 Å². The lowest BCUT2D eigenvalue weighted by Crippen LogP contribution is -2.42. The monoisotopic (exact) mass is 275 g/mol. The Labute approximate surface area is 121 Å². The van der Waals surface area contributed by atoms with Crippen LogP contribution in [0.4, 0.5) is 5.69 Å². The highest BCUT2D eigenvalue weighted by Crippen LogP contribution is 2.27. The van der Waals surface area contributed by atoms with Crippen LogP contribution < -0.4 is 10.2 Å². The first-order chi connectivity index (χ1) is 9.57. The quantitative estimate of drug-likeness (QED) is 0.654. The van der Waals surface area contributed by atoms with Gasteiger partial charge in [0.2, 0.25) is 0 Å². The van der Waals surface area contributed by atoms with E-state index in [-0.39, 0.29) is 0 Å². The maximum absolute atomic E-state index is 10.1. The fourth-order valence-electron chi connectivity index (χ4n) is 2.31. The molecule has 0 bridgehead atoms. The van der Waals surface area contributed by atoms with Gasteiger partial charge in [0.1, 0.15) is 0 Å². The first-order valence-electron chi connectivity index (χ1n) is 7.43. The van der Waals surface area contributed by atoms with Crippen molar-refractivity contribution in [1.82, 2.24) is 5.32 Å². The average Bonchev–Trinajstić information content (AvgIpc) is 2.87. The van der Waals surface area contributed by atoms with Crippen molar-refractivity contribution in [3.63, 3.8) is 0 Å². The van der Waals surface area contributed by atoms with Crippen LogP contribution in [0.15, 0.2) is 29.3 Å². The number of anilines is 1. The molecule has 1 aliphatic rings. The third-order valence-electron chi connectivity index (χ3n) is 3.81. The number of fused-ring (bicyclic) bond motifs is 1. The summed E-state index contributed by atoms with van der Waals surface area (Å²) in [7, 11) is 0. The third-order valence-corrected chi connectivity index (χ3v) is 3.81. The van der Waals surface area contributed by atoms with Gasteiger partial charge in [-0.15, -0.1) is 0 Å². The van der Waals surface area contributed by atoms with Crippen LogP contribution in [0, 0.1) is 0 Å². The average molecular weight is 275 g/mol. The molecule has 0 amide bonds. The third kappa shape index (κ3) is 3.31. The normalized spacial score (nSPS) is 17.8. The predicted molar refractivity (Wildman–Crippen MR) is 84.4 cm³/mol. The molecule has 0 saturated heterocycles. The van der Waals surface area contributed by atoms with Crippen molar-refractivity contribution >= 4 is 11.6 Å². The standard InChI is InChI=1S/C16H25N3O/c1-4-16(3,20)12-18-15(17-5-2)19-11-10-13-8-6-7-9-14(13)19/h6-9,20H,4-5,10-12H2,1-3H3,(H,17,18). The van der Waals surface area contributed by atoms with Gasteiger partial charge in [0.25, 0.3) is 0 Å². The fourth-order valence-corrected chi connectivity index (χ4v) is 2.31. The zero-order valence-electron chi connectivity index (χ0n) is 12.7. The van der Waals surface area contributed by atoms with E-state index in [4.69, 9.17) is 0 Å². The molecule has 0 fully saturated rings. The van der Waals surface area contributed by atoms with Crippen molar-refractivity contribution in [2.45, 2.75) is 39.2 Å². The number of hydrogen-bond acceptors (Lipinski definition) is 2. The van der Waals surface area contributed by atoms with Gasteiger partial charge in [0, 0.05) is 18.8 Å². The minimum absolute atomic E-state index is 0.421. The Morgan fingerprint density at radius 1 is 1.40 bits per heavy atom. The fraction of sp³-hybridized carbons (Fsp3) is 0.562. The summed E-state index contributed by atoms with van der Waals surface area (Å²) >= 11 is 0. The zero-order chi connectivity index (χ0) is 14.6. The molecule has 1 aromatic carbocycles. The molecule has 0 radical (unpaired) electrons. The maximum Gasteiger partial charge on any atom is 0.198 e. The topological polar surface area (TPSA) is 47.9 Å². The first-order valence-corrected chi connectivity index (χ1v) is 7.43. The number of nitrogens with zero attached hydrogens (tertiary/aromatic N) is 2. The molecular formula is C16H25N3O. The summed E-state index contributed by atoms with van der Waals surface area (Å²) in [4.78, 5) is 6.83. The summed E-state index contributed by atoms with van der Waals surface area (Å²) in [5, 5.41) is 13.5. The molecule has 0 aliphatic carbocycles. The smallest absolute Gasteiger partial charge is 0.198 e. The van der Waals surface area contributed by atoms with Crippen molar-refractivity contribution < 1.29 is 5.11 Å². The molecule has 1 unspecified atom stereocenters. The summed E-state index contributed by atoms with van der Waals surface area (Å²) in [6.07, 6.45) is 1.75. The molecule has 4 heteroatoms. The van der Waals surface area contributed by atoms with Crippen molar-refractivity contribution in [2.75, 3.05) is 24.5 Å². The maximum atomic E-state index is 10.1. The number of nitrogens with one attached hydrogen (secondary N) is 1. The summed E-state index contributed by atoms with van der Waals surface area (Å²) in [6, 6.07) is 8.44. The Balaban J connectivity index is 2.20. The molecule has 0 aromatic heterocycles. The highest BCUT2D eigenvalue weighted by atomic mass is 16.3. The second-order valence-corrected chi connectivity index (χ2v) is 5.55. The first kappa shape index (κ1) is 14.9. The van der Waals surface area contributed by atoms with Gasteiger partial charge in [-0.2, -0.15) is 0 Å². The van der Waals surface area contributed by atoms with E-state index in [2.05, 4.69) is 46.4 Å². The number of aliphatic hydroxyl groups is 1. The lowest BCUT2D eigenvalue weighted by atomic mass is 10.1. The molecule has 2 rings (SSSR count). The van der Waals surface area contributed by atoms with Crippen molar-refractivity contribution in [3.8, 4) is 0 Å². The molecule has 1 aliphatic heterocycles. The number of para-hydroxylation sites is 1. The Hall–Kier alpha value is -1.55. The van der Waals surface area contributed by atoms with Gasteiger partial charge in [0.15, 0.2) is 5.96 Å². The number of hydrogen-bond donors (Lipinski definition) is 2. The molecule has 1 heterocycles. The zero-order valence-corrected chi connectivity index (χ0v) is 12.7. The van der Waals surface area contributed by atoms with Gasteiger partial charge in [-0.1, -0.05) is 25.1 Å². The highest BCUT2D eigenvalue weighted by Gasteiger charge is 2.24. The van der Waals surface area contributed by atoms with Crippen LogP contribution in [0.25, 0.3) is 0 Å². The Kier molecular flexibility index (Phi) is 4.65. The minimum Gasteiger partial charge on any atom is -0.388 e. The van der Waals surface area contributed by atoms with E-state index in [0.29, 0.717) is 13.0 Å². The van der Waals surface area contributed by atoms with Gasteiger partial charge < -0.3 is 15.3 Å². The molecule has 1 aromatic rings. The van der Waals surface area contributed by atoms with Crippen LogP contribution >= 0.6 is 0 Å². The molecule has 2 N–H and O–H groups in total. The summed E-state index contributed by atoms with van der Waals surface area (Å²) in [5.74, 6) is 0.867. The van der Waals surface area contributed by atoms with Crippen LogP contribution in [0.1, 0.15) is 32.8 Å². The molecular weight excluding hydrogens is 250 g/mol. The molecule has 4 nitrogen and oxygen atoms in total. The number of aliphatic imine (C=N–C) groups is 1. The van der Waals surface area contributed by atoms with E-state index in [1.165, 1.54) is 11.3 Å². The Bertz CT molecular complexity index is 482. The molecule has 110 valence electrons. The van der Waals surface area contributed by atoms with E-state index in [9.17, 15) is 5.11 Å². The largest absolute Gasteiger partial charge is 0.388 e. The number of rotatable bonds is 4. The summed E-state index contributed by atoms with van der Waals surface area (Å²) in [5.41, 5.74) is 1.85. The van der Waals surface area contributed by atoms with E-state index in [1.807, 2.05) is 13.8 Å². The van der Waals surface area contributed by atoms with Crippen molar-refractivity contribution in [1.29, 1.82) is 0 Å². The van der Waals surface area contributed by atoms with Crippen LogP contribution in [-0.4, -0.2) is 36.3 Å². The van der Waals surface area contributed by atoms with Crippen molar-refractivity contribution in [3.05, 3.63) is 29.8 Å². The van der Waals surface area contributed by atoms with E-state index in [0.717, 1.165) is 25.5 Å². The summed E-state index contributed by atoms with van der Waals surface area (Å²) < 4.78 is 0. The van der Waals surface area contributed by atoms with E-state index < -0.39 is 5.60 Å². The Morgan fingerprint density at radius 3 is 2.85 bits per heavy atom. The SMILES string of the molecule is CCNC(=NCC(C)(O)CC)N1CCc2ccccc21. The second kappa shape index (κ2) is 6.27.